The van der Waals surface area contributed by atoms with Gasteiger partial charge < -0.3 is 20.9 Å². The van der Waals surface area contributed by atoms with E-state index in [1.54, 1.807) is 30.3 Å². The molecule has 8 heteroatoms. The van der Waals surface area contributed by atoms with Gasteiger partial charge in [0.15, 0.2) is 0 Å². The van der Waals surface area contributed by atoms with Crippen LogP contribution in [0.25, 0.3) is 0 Å². The maximum atomic E-state index is 13.7. The van der Waals surface area contributed by atoms with E-state index in [0.29, 0.717) is 30.9 Å². The minimum Gasteiger partial charge on any atom is -0.372 e. The van der Waals surface area contributed by atoms with Crippen molar-refractivity contribution in [3.8, 4) is 0 Å². The van der Waals surface area contributed by atoms with Gasteiger partial charge in [0.1, 0.15) is 5.82 Å². The number of nitrogens with zero attached hydrogens (tertiary/aromatic N) is 1. The highest BCUT2D eigenvalue weighted by molar-refractivity contribution is 9.10. The quantitative estimate of drug-likeness (QED) is 0.509. The van der Waals surface area contributed by atoms with Gasteiger partial charge in [0.25, 0.3) is 0 Å². The van der Waals surface area contributed by atoms with Gasteiger partial charge in [0.2, 0.25) is 5.91 Å². The van der Waals surface area contributed by atoms with Crippen LogP contribution >= 0.6 is 15.9 Å². The summed E-state index contributed by atoms with van der Waals surface area (Å²) in [6.45, 7) is 1.35. The van der Waals surface area contributed by atoms with Crippen molar-refractivity contribution in [2.45, 2.75) is 12.8 Å². The van der Waals surface area contributed by atoms with E-state index in [9.17, 15) is 14.0 Å². The Bertz CT molecular complexity index is 786. The Kier molecular flexibility index (Phi) is 8.74. The van der Waals surface area contributed by atoms with Gasteiger partial charge >= 0.3 is 6.03 Å². The monoisotopic (exact) mass is 450 g/mol. The summed E-state index contributed by atoms with van der Waals surface area (Å²) < 4.78 is 14.6. The zero-order chi connectivity index (χ0) is 20.4. The van der Waals surface area contributed by atoms with E-state index < -0.39 is 0 Å². The molecule has 0 aliphatic heterocycles. The molecule has 28 heavy (non-hydrogen) atoms. The van der Waals surface area contributed by atoms with Gasteiger partial charge in [0.05, 0.1) is 5.69 Å². The first-order chi connectivity index (χ1) is 13.5. The molecule has 0 radical (unpaired) electrons. The smallest absolute Gasteiger partial charge is 0.319 e. The highest BCUT2D eigenvalue weighted by Crippen LogP contribution is 2.17. The number of urea groups is 1. The van der Waals surface area contributed by atoms with Gasteiger partial charge in [-0.15, -0.1) is 0 Å². The van der Waals surface area contributed by atoms with Crippen molar-refractivity contribution >= 4 is 39.2 Å². The summed E-state index contributed by atoms with van der Waals surface area (Å²) in [6, 6.07) is 13.4. The Morgan fingerprint density at radius 3 is 2.46 bits per heavy atom. The van der Waals surface area contributed by atoms with Crippen molar-refractivity contribution in [1.82, 2.24) is 10.6 Å². The number of benzene rings is 2. The summed E-state index contributed by atoms with van der Waals surface area (Å²) in [5, 5.41) is 8.13. The second-order valence-electron chi connectivity index (χ2n) is 6.21. The standard InChI is InChI=1S/C20H24BrFN4O2/c1-26(18-6-3-2-5-17(18)22)14-4-12-23-19(27)11-13-24-20(28)25-16-9-7-15(21)8-10-16/h2-3,5-10H,4,11-14H2,1H3,(H,23,27)(H2,24,25,28). The Morgan fingerprint density at radius 2 is 1.75 bits per heavy atom. The molecule has 0 atom stereocenters. The number of rotatable bonds is 9. The fourth-order valence-corrected chi connectivity index (χ4v) is 2.78. The molecule has 0 saturated heterocycles. The summed E-state index contributed by atoms with van der Waals surface area (Å²) >= 11 is 3.33. The van der Waals surface area contributed by atoms with E-state index in [-0.39, 0.29) is 30.7 Å². The van der Waals surface area contributed by atoms with Crippen molar-refractivity contribution in [3.05, 3.63) is 58.8 Å². The molecule has 0 spiro atoms. The molecule has 2 rings (SSSR count). The molecule has 0 saturated carbocycles. The lowest BCUT2D eigenvalue weighted by atomic mass is 10.2. The van der Waals surface area contributed by atoms with Crippen molar-refractivity contribution in [1.29, 1.82) is 0 Å². The summed E-state index contributed by atoms with van der Waals surface area (Å²) in [5.74, 6) is -0.404. The lowest BCUT2D eigenvalue weighted by Crippen LogP contribution is -2.34. The third-order valence-corrected chi connectivity index (χ3v) is 4.52. The first-order valence-corrected chi connectivity index (χ1v) is 9.78. The lowest BCUT2D eigenvalue weighted by molar-refractivity contribution is -0.120. The summed E-state index contributed by atoms with van der Waals surface area (Å²) in [7, 11) is 1.81. The Morgan fingerprint density at radius 1 is 1.04 bits per heavy atom. The maximum absolute atomic E-state index is 13.7. The van der Waals surface area contributed by atoms with E-state index in [1.807, 2.05) is 24.1 Å². The molecule has 0 unspecified atom stereocenters. The van der Waals surface area contributed by atoms with Crippen LogP contribution in [0.2, 0.25) is 0 Å². The molecule has 3 amide bonds. The van der Waals surface area contributed by atoms with Crippen LogP contribution in [0.1, 0.15) is 12.8 Å². The lowest BCUT2D eigenvalue weighted by Gasteiger charge is -2.19. The van der Waals surface area contributed by atoms with E-state index in [1.165, 1.54) is 6.07 Å². The number of carbonyl (C=O) groups excluding carboxylic acids is 2. The van der Waals surface area contributed by atoms with E-state index in [4.69, 9.17) is 0 Å². The van der Waals surface area contributed by atoms with Crippen LogP contribution < -0.4 is 20.9 Å². The predicted molar refractivity (Wildman–Crippen MR) is 113 cm³/mol. The molecule has 6 nitrogen and oxygen atoms in total. The third-order valence-electron chi connectivity index (χ3n) is 4.00. The van der Waals surface area contributed by atoms with Crippen molar-refractivity contribution in [2.24, 2.45) is 0 Å². The van der Waals surface area contributed by atoms with Gasteiger partial charge in [-0.2, -0.15) is 0 Å². The van der Waals surface area contributed by atoms with Gasteiger partial charge in [-0.1, -0.05) is 28.1 Å². The first kappa shape index (κ1) is 21.7. The van der Waals surface area contributed by atoms with E-state index in [0.717, 1.165) is 4.47 Å². The maximum Gasteiger partial charge on any atom is 0.319 e. The zero-order valence-electron chi connectivity index (χ0n) is 15.7. The highest BCUT2D eigenvalue weighted by Gasteiger charge is 2.07. The minimum atomic E-state index is -0.360. The Labute approximate surface area is 172 Å². The molecule has 0 fully saturated rings. The Hall–Kier alpha value is -2.61. The summed E-state index contributed by atoms with van der Waals surface area (Å²) in [5.41, 5.74) is 1.21. The molecule has 150 valence electrons. The highest BCUT2D eigenvalue weighted by atomic mass is 79.9. The molecule has 0 aliphatic carbocycles. The van der Waals surface area contributed by atoms with E-state index in [2.05, 4.69) is 31.9 Å². The van der Waals surface area contributed by atoms with E-state index >= 15 is 0 Å². The molecule has 3 N–H and O–H groups in total. The van der Waals surface area contributed by atoms with Crippen molar-refractivity contribution in [2.75, 3.05) is 36.9 Å². The molecule has 0 heterocycles. The molecule has 2 aromatic rings. The van der Waals surface area contributed by atoms with Crippen LogP contribution in [0.4, 0.5) is 20.6 Å². The molecule has 0 bridgehead atoms. The zero-order valence-corrected chi connectivity index (χ0v) is 17.3. The third kappa shape index (κ3) is 7.56. The van der Waals surface area contributed by atoms with Gasteiger partial charge in [-0.25, -0.2) is 9.18 Å². The summed E-state index contributed by atoms with van der Waals surface area (Å²) in [6.07, 6.45) is 0.880. The summed E-state index contributed by atoms with van der Waals surface area (Å²) in [4.78, 5) is 25.4. The SMILES string of the molecule is CN(CCCNC(=O)CCNC(=O)Nc1ccc(Br)cc1)c1ccccc1F. The predicted octanol–water partition coefficient (Wildman–Crippen LogP) is 3.74. The van der Waals surface area contributed by atoms with Crippen LogP contribution in [-0.2, 0) is 4.79 Å². The Balaban J connectivity index is 1.57. The second-order valence-corrected chi connectivity index (χ2v) is 7.13. The van der Waals surface area contributed by atoms with Gasteiger partial charge in [0, 0.05) is 43.3 Å². The fourth-order valence-electron chi connectivity index (χ4n) is 2.51. The fraction of sp³-hybridized carbons (Fsp3) is 0.300. The number of carbonyl (C=O) groups is 2. The number of nitrogens with one attached hydrogen (secondary N) is 3. The normalized spacial score (nSPS) is 10.2. The number of hydrogen-bond donors (Lipinski definition) is 3. The topological polar surface area (TPSA) is 73.5 Å². The number of halogens is 2. The number of hydrogen-bond acceptors (Lipinski definition) is 3. The van der Waals surface area contributed by atoms with Crippen LogP contribution in [0, 0.1) is 5.82 Å². The number of amides is 3. The average Bonchev–Trinajstić information content (AvgIpc) is 2.67. The largest absolute Gasteiger partial charge is 0.372 e. The van der Waals surface area contributed by atoms with Crippen LogP contribution in [0.5, 0.6) is 0 Å². The van der Waals surface area contributed by atoms with Gasteiger partial charge in [-0.05, 0) is 42.8 Å². The van der Waals surface area contributed by atoms with Crippen molar-refractivity contribution < 1.29 is 14.0 Å². The molecule has 0 aliphatic rings. The molecule has 0 aromatic heterocycles. The second kappa shape index (κ2) is 11.3. The van der Waals surface area contributed by atoms with Crippen LogP contribution in [0.15, 0.2) is 53.0 Å². The van der Waals surface area contributed by atoms with Crippen molar-refractivity contribution in [3.63, 3.8) is 0 Å². The molecular formula is C20H24BrFN4O2. The minimum absolute atomic E-state index is 0.141. The average molecular weight is 451 g/mol. The first-order valence-electron chi connectivity index (χ1n) is 8.98. The van der Waals surface area contributed by atoms with Crippen LogP contribution in [-0.4, -0.2) is 38.6 Å². The molecule has 2 aromatic carbocycles. The number of anilines is 2. The molecular weight excluding hydrogens is 427 g/mol. The van der Waals surface area contributed by atoms with Gasteiger partial charge in [-0.3, -0.25) is 4.79 Å². The number of para-hydroxylation sites is 1. The van der Waals surface area contributed by atoms with Crippen LogP contribution in [0.3, 0.4) is 0 Å².